The van der Waals surface area contributed by atoms with Crippen LogP contribution < -0.4 is 15.8 Å². The van der Waals surface area contributed by atoms with Gasteiger partial charge in [0.2, 0.25) is 5.91 Å². The largest absolute Gasteiger partial charge is 0.497 e. The van der Waals surface area contributed by atoms with E-state index in [2.05, 4.69) is 5.32 Å². The number of nitrogen functional groups attached to an aromatic ring is 1. The minimum absolute atomic E-state index is 0.0195. The lowest BCUT2D eigenvalue weighted by atomic mass is 10.1. The standard InChI is InChI=1S/C15H14F2N2O2/c1-21-10-5-6-12(18)13(8-10)19-14(20)7-9-3-2-4-11(16)15(9)17/h2-6,8H,7,18H2,1H3,(H,19,20). The molecule has 0 spiro atoms. The molecule has 0 aromatic heterocycles. The Bertz CT molecular complexity index is 675. The molecule has 0 saturated carbocycles. The molecule has 2 aromatic rings. The van der Waals surface area contributed by atoms with E-state index in [9.17, 15) is 13.6 Å². The maximum Gasteiger partial charge on any atom is 0.228 e. The van der Waals surface area contributed by atoms with Gasteiger partial charge < -0.3 is 15.8 Å². The van der Waals surface area contributed by atoms with Gasteiger partial charge in [-0.05, 0) is 18.2 Å². The highest BCUT2D eigenvalue weighted by Crippen LogP contribution is 2.24. The van der Waals surface area contributed by atoms with E-state index in [1.807, 2.05) is 0 Å². The van der Waals surface area contributed by atoms with E-state index in [0.717, 1.165) is 6.07 Å². The first-order valence-electron chi connectivity index (χ1n) is 6.17. The number of benzene rings is 2. The second kappa shape index (κ2) is 6.21. The van der Waals surface area contributed by atoms with E-state index >= 15 is 0 Å². The van der Waals surface area contributed by atoms with Crippen molar-refractivity contribution in [3.63, 3.8) is 0 Å². The highest BCUT2D eigenvalue weighted by molar-refractivity contribution is 5.95. The van der Waals surface area contributed by atoms with Gasteiger partial charge in [0.25, 0.3) is 0 Å². The summed E-state index contributed by atoms with van der Waals surface area (Å²) in [7, 11) is 1.49. The molecule has 4 nitrogen and oxygen atoms in total. The van der Waals surface area contributed by atoms with Crippen molar-refractivity contribution in [2.45, 2.75) is 6.42 Å². The summed E-state index contributed by atoms with van der Waals surface area (Å²) in [5.41, 5.74) is 6.42. The number of hydrogen-bond donors (Lipinski definition) is 2. The van der Waals surface area contributed by atoms with Crippen LogP contribution >= 0.6 is 0 Å². The molecule has 0 unspecified atom stereocenters. The van der Waals surface area contributed by atoms with Gasteiger partial charge in [0.1, 0.15) is 5.75 Å². The van der Waals surface area contributed by atoms with Crippen LogP contribution in [0.2, 0.25) is 0 Å². The third-order valence-corrected chi connectivity index (χ3v) is 2.92. The van der Waals surface area contributed by atoms with Gasteiger partial charge in [0.15, 0.2) is 11.6 Å². The molecule has 0 saturated heterocycles. The number of carbonyl (C=O) groups excluding carboxylic acids is 1. The van der Waals surface area contributed by atoms with Crippen molar-refractivity contribution in [2.75, 3.05) is 18.2 Å². The zero-order valence-corrected chi connectivity index (χ0v) is 11.3. The minimum Gasteiger partial charge on any atom is -0.497 e. The van der Waals surface area contributed by atoms with Gasteiger partial charge in [0, 0.05) is 11.6 Å². The maximum absolute atomic E-state index is 13.5. The molecule has 6 heteroatoms. The fourth-order valence-corrected chi connectivity index (χ4v) is 1.82. The van der Waals surface area contributed by atoms with Crippen molar-refractivity contribution < 1.29 is 18.3 Å². The van der Waals surface area contributed by atoms with E-state index in [0.29, 0.717) is 17.1 Å². The van der Waals surface area contributed by atoms with Crippen molar-refractivity contribution in [3.05, 3.63) is 53.6 Å². The van der Waals surface area contributed by atoms with Crippen LogP contribution in [0.15, 0.2) is 36.4 Å². The van der Waals surface area contributed by atoms with Gasteiger partial charge in [0.05, 0.1) is 24.9 Å². The van der Waals surface area contributed by atoms with Crippen molar-refractivity contribution in [3.8, 4) is 5.75 Å². The summed E-state index contributed by atoms with van der Waals surface area (Å²) in [6.07, 6.45) is -0.291. The van der Waals surface area contributed by atoms with E-state index < -0.39 is 17.5 Å². The normalized spacial score (nSPS) is 10.2. The van der Waals surface area contributed by atoms with Gasteiger partial charge in [-0.15, -0.1) is 0 Å². The van der Waals surface area contributed by atoms with Gasteiger partial charge in [-0.25, -0.2) is 8.78 Å². The highest BCUT2D eigenvalue weighted by atomic mass is 19.2. The van der Waals surface area contributed by atoms with Crippen LogP contribution in [0.5, 0.6) is 5.75 Å². The summed E-state index contributed by atoms with van der Waals surface area (Å²) in [4.78, 5) is 11.9. The first-order chi connectivity index (χ1) is 10.0. The molecule has 110 valence electrons. The number of anilines is 2. The molecular formula is C15H14F2N2O2. The number of nitrogens with two attached hydrogens (primary N) is 1. The summed E-state index contributed by atoms with van der Waals surface area (Å²) in [5, 5.41) is 2.55. The first kappa shape index (κ1) is 14.8. The third kappa shape index (κ3) is 3.47. The summed E-state index contributed by atoms with van der Waals surface area (Å²) in [6.45, 7) is 0. The molecule has 2 aromatic carbocycles. The van der Waals surface area contributed by atoms with Crippen LogP contribution in [-0.2, 0) is 11.2 Å². The Morgan fingerprint density at radius 2 is 2.05 bits per heavy atom. The third-order valence-electron chi connectivity index (χ3n) is 2.92. The molecule has 0 aliphatic carbocycles. The van der Waals surface area contributed by atoms with Gasteiger partial charge in [-0.3, -0.25) is 4.79 Å². The Morgan fingerprint density at radius 3 is 2.76 bits per heavy atom. The van der Waals surface area contributed by atoms with Crippen LogP contribution in [-0.4, -0.2) is 13.0 Å². The summed E-state index contributed by atoms with van der Waals surface area (Å²) < 4.78 is 31.6. The van der Waals surface area contributed by atoms with Crippen molar-refractivity contribution in [2.24, 2.45) is 0 Å². The summed E-state index contributed by atoms with van der Waals surface area (Å²) >= 11 is 0. The molecule has 0 aliphatic heterocycles. The minimum atomic E-state index is -1.02. The predicted molar refractivity (Wildman–Crippen MR) is 76.1 cm³/mol. The number of rotatable bonds is 4. The van der Waals surface area contributed by atoms with E-state index in [1.54, 1.807) is 18.2 Å². The molecule has 3 N–H and O–H groups in total. The number of hydrogen-bond acceptors (Lipinski definition) is 3. The Balaban J connectivity index is 2.13. The van der Waals surface area contributed by atoms with Crippen LogP contribution in [0.25, 0.3) is 0 Å². The quantitative estimate of drug-likeness (QED) is 0.852. The Kier molecular flexibility index (Phi) is 4.37. The van der Waals surface area contributed by atoms with Gasteiger partial charge >= 0.3 is 0 Å². The Labute approximate surface area is 120 Å². The molecule has 1 amide bonds. The zero-order chi connectivity index (χ0) is 15.4. The molecule has 0 heterocycles. The molecule has 0 radical (unpaired) electrons. The van der Waals surface area contributed by atoms with E-state index in [4.69, 9.17) is 10.5 Å². The second-order valence-electron chi connectivity index (χ2n) is 4.39. The summed E-state index contributed by atoms with van der Waals surface area (Å²) in [6, 6.07) is 8.48. The number of nitrogens with one attached hydrogen (secondary N) is 1. The number of carbonyl (C=O) groups is 1. The lowest BCUT2D eigenvalue weighted by Crippen LogP contribution is -2.16. The number of amides is 1. The fourth-order valence-electron chi connectivity index (χ4n) is 1.82. The Hall–Kier alpha value is -2.63. The topological polar surface area (TPSA) is 64.3 Å². The monoisotopic (exact) mass is 292 g/mol. The van der Waals surface area contributed by atoms with E-state index in [1.165, 1.54) is 19.2 Å². The maximum atomic E-state index is 13.5. The molecule has 21 heavy (non-hydrogen) atoms. The summed E-state index contributed by atoms with van der Waals surface area (Å²) in [5.74, 6) is -1.98. The zero-order valence-electron chi connectivity index (χ0n) is 11.3. The smallest absolute Gasteiger partial charge is 0.228 e. The highest BCUT2D eigenvalue weighted by Gasteiger charge is 2.13. The second-order valence-corrected chi connectivity index (χ2v) is 4.39. The molecule has 2 rings (SSSR count). The molecular weight excluding hydrogens is 278 g/mol. The molecule has 0 atom stereocenters. The number of halogens is 2. The van der Waals surface area contributed by atoms with Crippen molar-refractivity contribution in [1.29, 1.82) is 0 Å². The van der Waals surface area contributed by atoms with E-state index in [-0.39, 0.29) is 12.0 Å². The lowest BCUT2D eigenvalue weighted by molar-refractivity contribution is -0.115. The number of methoxy groups -OCH3 is 1. The molecule has 0 fully saturated rings. The fraction of sp³-hybridized carbons (Fsp3) is 0.133. The van der Waals surface area contributed by atoms with Crippen molar-refractivity contribution in [1.82, 2.24) is 0 Å². The predicted octanol–water partition coefficient (Wildman–Crippen LogP) is 2.74. The first-order valence-corrected chi connectivity index (χ1v) is 6.17. The van der Waals surface area contributed by atoms with Crippen LogP contribution in [0.1, 0.15) is 5.56 Å². The average molecular weight is 292 g/mol. The van der Waals surface area contributed by atoms with Crippen LogP contribution in [0.4, 0.5) is 20.2 Å². The van der Waals surface area contributed by atoms with Crippen LogP contribution in [0.3, 0.4) is 0 Å². The molecule has 0 aliphatic rings. The van der Waals surface area contributed by atoms with Gasteiger partial charge in [-0.2, -0.15) is 0 Å². The van der Waals surface area contributed by atoms with Crippen molar-refractivity contribution >= 4 is 17.3 Å². The SMILES string of the molecule is COc1ccc(N)c(NC(=O)Cc2cccc(F)c2F)c1. The molecule has 0 bridgehead atoms. The van der Waals surface area contributed by atoms with Crippen LogP contribution in [0, 0.1) is 11.6 Å². The van der Waals surface area contributed by atoms with Gasteiger partial charge in [-0.1, -0.05) is 12.1 Å². The average Bonchev–Trinajstić information content (AvgIpc) is 2.46. The number of ether oxygens (including phenoxy) is 1. The lowest BCUT2D eigenvalue weighted by Gasteiger charge is -2.10. The Morgan fingerprint density at radius 1 is 1.29 bits per heavy atom.